The molecular weight excluding hydrogens is 332 g/mol. The van der Waals surface area contributed by atoms with Crippen molar-refractivity contribution in [1.29, 1.82) is 5.26 Å². The minimum Gasteiger partial charge on any atom is -0.376 e. The van der Waals surface area contributed by atoms with E-state index in [9.17, 15) is 9.59 Å². The molecule has 2 amide bonds. The predicted octanol–water partition coefficient (Wildman–Crippen LogP) is 1.33. The molecular formula is C19H20N4O3. The summed E-state index contributed by atoms with van der Waals surface area (Å²) in [4.78, 5) is 23.6. The van der Waals surface area contributed by atoms with E-state index < -0.39 is 5.91 Å². The van der Waals surface area contributed by atoms with E-state index >= 15 is 0 Å². The number of nitrogens with zero attached hydrogens (tertiary/aromatic N) is 2. The highest BCUT2D eigenvalue weighted by Gasteiger charge is 2.17. The van der Waals surface area contributed by atoms with Gasteiger partial charge in [-0.3, -0.25) is 9.59 Å². The van der Waals surface area contributed by atoms with Crippen LogP contribution in [0.3, 0.4) is 0 Å². The number of hydrogen-bond donors (Lipinski definition) is 2. The Hall–Kier alpha value is -3.11. The van der Waals surface area contributed by atoms with Gasteiger partial charge in [0.2, 0.25) is 5.91 Å². The lowest BCUT2D eigenvalue weighted by Gasteiger charge is -2.11. The SMILES string of the molecule is N#C/C(=C\c1cn(CC(=O)NC[C@H]2CCCO2)c2ccccc12)C(N)=O. The summed E-state index contributed by atoms with van der Waals surface area (Å²) in [5.74, 6) is -0.897. The average Bonchev–Trinajstić information content (AvgIpc) is 3.26. The van der Waals surface area contributed by atoms with Crippen LogP contribution in [0.5, 0.6) is 0 Å². The molecule has 0 radical (unpaired) electrons. The molecule has 3 N–H and O–H groups in total. The number of nitrogens with two attached hydrogens (primary N) is 1. The van der Waals surface area contributed by atoms with Crippen molar-refractivity contribution in [2.45, 2.75) is 25.5 Å². The van der Waals surface area contributed by atoms with Crippen molar-refractivity contribution in [3.05, 3.63) is 41.6 Å². The molecule has 1 aromatic heterocycles. The van der Waals surface area contributed by atoms with Crippen LogP contribution in [-0.2, 0) is 20.9 Å². The molecule has 7 heteroatoms. The summed E-state index contributed by atoms with van der Waals surface area (Å²) in [6.45, 7) is 1.39. The average molecular weight is 352 g/mol. The number of rotatable bonds is 6. The largest absolute Gasteiger partial charge is 0.376 e. The fourth-order valence-corrected chi connectivity index (χ4v) is 3.08. The van der Waals surface area contributed by atoms with E-state index in [1.165, 1.54) is 6.08 Å². The first-order valence-electron chi connectivity index (χ1n) is 8.46. The maximum absolute atomic E-state index is 12.3. The molecule has 1 aliphatic rings. The van der Waals surface area contributed by atoms with Gasteiger partial charge in [-0.2, -0.15) is 5.26 Å². The second-order valence-corrected chi connectivity index (χ2v) is 6.20. The van der Waals surface area contributed by atoms with Crippen molar-refractivity contribution in [2.24, 2.45) is 5.73 Å². The first-order chi connectivity index (χ1) is 12.6. The normalized spacial score (nSPS) is 17.2. The minimum atomic E-state index is -0.779. The standard InChI is InChI=1S/C19H20N4O3/c20-9-13(19(21)25)8-14-11-23(17-6-2-1-5-16(14)17)12-18(24)22-10-15-4-3-7-26-15/h1-2,5-6,8,11,15H,3-4,7,10,12H2,(H2,21,25)(H,22,24)/b13-8+/t15-/m1/s1. The summed E-state index contributed by atoms with van der Waals surface area (Å²) in [5.41, 5.74) is 6.59. The number of para-hydroxylation sites is 1. The zero-order valence-electron chi connectivity index (χ0n) is 14.3. The van der Waals surface area contributed by atoms with Crippen LogP contribution in [0.4, 0.5) is 0 Å². The first-order valence-corrected chi connectivity index (χ1v) is 8.46. The van der Waals surface area contributed by atoms with Crippen molar-refractivity contribution in [1.82, 2.24) is 9.88 Å². The van der Waals surface area contributed by atoms with Gasteiger partial charge in [0.15, 0.2) is 0 Å². The third-order valence-corrected chi connectivity index (χ3v) is 4.37. The zero-order chi connectivity index (χ0) is 18.5. The number of amides is 2. The Balaban J connectivity index is 1.81. The van der Waals surface area contributed by atoms with E-state index in [4.69, 9.17) is 15.7 Å². The van der Waals surface area contributed by atoms with Crippen LogP contribution in [0.1, 0.15) is 18.4 Å². The van der Waals surface area contributed by atoms with Crippen molar-refractivity contribution < 1.29 is 14.3 Å². The van der Waals surface area contributed by atoms with Crippen LogP contribution < -0.4 is 11.1 Å². The molecule has 0 bridgehead atoms. The van der Waals surface area contributed by atoms with Crippen LogP contribution >= 0.6 is 0 Å². The number of aromatic nitrogens is 1. The molecule has 1 fully saturated rings. The van der Waals surface area contributed by atoms with Crippen molar-refractivity contribution in [2.75, 3.05) is 13.2 Å². The monoisotopic (exact) mass is 352 g/mol. The summed E-state index contributed by atoms with van der Waals surface area (Å²) in [6.07, 6.45) is 5.28. The summed E-state index contributed by atoms with van der Waals surface area (Å²) < 4.78 is 7.30. The van der Waals surface area contributed by atoms with Gasteiger partial charge in [0.25, 0.3) is 5.91 Å². The number of nitrogens with one attached hydrogen (secondary N) is 1. The number of fused-ring (bicyclic) bond motifs is 1. The number of ether oxygens (including phenoxy) is 1. The van der Waals surface area contributed by atoms with Gasteiger partial charge >= 0.3 is 0 Å². The molecule has 7 nitrogen and oxygen atoms in total. The fourth-order valence-electron chi connectivity index (χ4n) is 3.08. The third-order valence-electron chi connectivity index (χ3n) is 4.37. The van der Waals surface area contributed by atoms with Gasteiger partial charge < -0.3 is 20.4 Å². The smallest absolute Gasteiger partial charge is 0.259 e. The van der Waals surface area contributed by atoms with Crippen molar-refractivity contribution in [3.63, 3.8) is 0 Å². The van der Waals surface area contributed by atoms with Crippen molar-refractivity contribution in [3.8, 4) is 6.07 Å². The van der Waals surface area contributed by atoms with Crippen LogP contribution in [0, 0.1) is 11.3 Å². The second kappa shape index (κ2) is 7.85. The molecule has 134 valence electrons. The third kappa shape index (κ3) is 3.92. The number of nitriles is 1. The van der Waals surface area contributed by atoms with E-state index in [-0.39, 0.29) is 24.1 Å². The molecule has 1 atom stereocenters. The quantitative estimate of drug-likeness (QED) is 0.603. The topological polar surface area (TPSA) is 110 Å². The number of carbonyl (C=O) groups is 2. The molecule has 0 spiro atoms. The highest BCUT2D eigenvalue weighted by Crippen LogP contribution is 2.23. The Kier molecular flexibility index (Phi) is 5.34. The highest BCUT2D eigenvalue weighted by molar-refractivity contribution is 6.03. The number of hydrogen-bond acceptors (Lipinski definition) is 4. The maximum Gasteiger partial charge on any atom is 0.259 e. The minimum absolute atomic E-state index is 0.0904. The van der Waals surface area contributed by atoms with E-state index in [1.807, 2.05) is 24.3 Å². The van der Waals surface area contributed by atoms with E-state index in [0.717, 1.165) is 30.4 Å². The fraction of sp³-hybridized carbons (Fsp3) is 0.316. The molecule has 0 aliphatic carbocycles. The molecule has 2 heterocycles. The van der Waals surface area contributed by atoms with Gasteiger partial charge in [0, 0.05) is 35.8 Å². The van der Waals surface area contributed by atoms with Crippen molar-refractivity contribution >= 4 is 28.8 Å². The summed E-state index contributed by atoms with van der Waals surface area (Å²) >= 11 is 0. The van der Waals surface area contributed by atoms with Gasteiger partial charge in [-0.25, -0.2) is 0 Å². The molecule has 1 aromatic carbocycles. The number of carbonyl (C=O) groups excluding carboxylic acids is 2. The zero-order valence-corrected chi connectivity index (χ0v) is 14.3. The molecule has 0 saturated carbocycles. The molecule has 0 unspecified atom stereocenters. The van der Waals surface area contributed by atoms with Crippen LogP contribution in [-0.4, -0.2) is 35.6 Å². The maximum atomic E-state index is 12.3. The Morgan fingerprint density at radius 2 is 2.23 bits per heavy atom. The van der Waals surface area contributed by atoms with Gasteiger partial charge in [0.05, 0.1) is 6.10 Å². The lowest BCUT2D eigenvalue weighted by atomic mass is 10.1. The predicted molar refractivity (Wildman–Crippen MR) is 96.7 cm³/mol. The van der Waals surface area contributed by atoms with E-state index in [1.54, 1.807) is 16.8 Å². The lowest BCUT2D eigenvalue weighted by molar-refractivity contribution is -0.122. The summed E-state index contributed by atoms with van der Waals surface area (Å²) in [6, 6.07) is 9.29. The van der Waals surface area contributed by atoms with E-state index in [0.29, 0.717) is 12.1 Å². The molecule has 1 saturated heterocycles. The summed E-state index contributed by atoms with van der Waals surface area (Å²) in [7, 11) is 0. The van der Waals surface area contributed by atoms with E-state index in [2.05, 4.69) is 5.32 Å². The Bertz CT molecular complexity index is 901. The van der Waals surface area contributed by atoms with Gasteiger partial charge in [-0.05, 0) is 25.0 Å². The Morgan fingerprint density at radius 3 is 2.92 bits per heavy atom. The lowest BCUT2D eigenvalue weighted by Crippen LogP contribution is -2.34. The molecule has 26 heavy (non-hydrogen) atoms. The number of benzene rings is 1. The van der Waals surface area contributed by atoms with Crippen LogP contribution in [0.2, 0.25) is 0 Å². The van der Waals surface area contributed by atoms with Crippen LogP contribution in [0.25, 0.3) is 17.0 Å². The Morgan fingerprint density at radius 1 is 1.42 bits per heavy atom. The molecule has 1 aliphatic heterocycles. The molecule has 2 aromatic rings. The Labute approximate surface area is 151 Å². The number of primary amides is 1. The first kappa shape index (κ1) is 17.7. The van der Waals surface area contributed by atoms with Gasteiger partial charge in [-0.15, -0.1) is 0 Å². The molecule has 3 rings (SSSR count). The van der Waals surface area contributed by atoms with Gasteiger partial charge in [0.1, 0.15) is 18.2 Å². The highest BCUT2D eigenvalue weighted by atomic mass is 16.5. The summed E-state index contributed by atoms with van der Waals surface area (Å²) in [5, 5.41) is 12.8. The van der Waals surface area contributed by atoms with Gasteiger partial charge in [-0.1, -0.05) is 18.2 Å². The second-order valence-electron chi connectivity index (χ2n) is 6.20. The van der Waals surface area contributed by atoms with Crippen LogP contribution in [0.15, 0.2) is 36.0 Å².